The SMILES string of the molecule is CCOC1CC(N)(C(=O)NC(CC(=O)O)C(=O)O)C1(C)C. The predicted octanol–water partition coefficient (Wildman–Crippen LogP) is -0.437. The Morgan fingerprint density at radius 3 is 2.33 bits per heavy atom. The summed E-state index contributed by atoms with van der Waals surface area (Å²) in [6.45, 7) is 5.86. The number of nitrogens with two attached hydrogens (primary N) is 1. The lowest BCUT2D eigenvalue weighted by molar-refractivity contribution is -0.172. The van der Waals surface area contributed by atoms with E-state index < -0.39 is 41.3 Å². The van der Waals surface area contributed by atoms with Crippen molar-refractivity contribution in [3.05, 3.63) is 0 Å². The van der Waals surface area contributed by atoms with Crippen molar-refractivity contribution in [2.24, 2.45) is 11.1 Å². The Kier molecular flexibility index (Phi) is 4.95. The van der Waals surface area contributed by atoms with E-state index in [-0.39, 0.29) is 12.5 Å². The van der Waals surface area contributed by atoms with Gasteiger partial charge in [0.15, 0.2) is 0 Å². The summed E-state index contributed by atoms with van der Waals surface area (Å²) >= 11 is 0. The van der Waals surface area contributed by atoms with Crippen molar-refractivity contribution in [3.8, 4) is 0 Å². The van der Waals surface area contributed by atoms with Gasteiger partial charge in [-0.3, -0.25) is 9.59 Å². The minimum atomic E-state index is -1.50. The molecule has 21 heavy (non-hydrogen) atoms. The highest BCUT2D eigenvalue weighted by Gasteiger charge is 2.63. The maximum atomic E-state index is 12.3. The molecule has 0 spiro atoms. The van der Waals surface area contributed by atoms with Crippen LogP contribution in [-0.2, 0) is 19.1 Å². The number of hydrogen-bond donors (Lipinski definition) is 4. The van der Waals surface area contributed by atoms with Gasteiger partial charge < -0.3 is 26.0 Å². The first-order chi connectivity index (χ1) is 9.56. The Morgan fingerprint density at radius 1 is 1.38 bits per heavy atom. The minimum Gasteiger partial charge on any atom is -0.481 e. The Morgan fingerprint density at radius 2 is 1.95 bits per heavy atom. The normalized spacial score (nSPS) is 28.3. The van der Waals surface area contributed by atoms with Crippen LogP contribution in [0.2, 0.25) is 0 Å². The molecule has 0 saturated heterocycles. The van der Waals surface area contributed by atoms with E-state index in [1.807, 2.05) is 6.92 Å². The molecule has 0 radical (unpaired) electrons. The maximum absolute atomic E-state index is 12.3. The van der Waals surface area contributed by atoms with Gasteiger partial charge in [-0.2, -0.15) is 0 Å². The molecule has 1 aliphatic carbocycles. The molecule has 1 fully saturated rings. The highest BCUT2D eigenvalue weighted by Crippen LogP contribution is 2.49. The Balaban J connectivity index is 2.79. The summed E-state index contributed by atoms with van der Waals surface area (Å²) in [5.41, 5.74) is 4.15. The molecule has 8 heteroatoms. The standard InChI is InChI=1S/C13H22N2O6/c1-4-21-8-6-13(14,12(8,2)3)11(20)15-7(10(18)19)5-9(16)17/h7-8H,4-6,14H2,1-3H3,(H,15,20)(H,16,17)(H,18,19). The molecule has 0 aromatic rings. The van der Waals surface area contributed by atoms with Gasteiger partial charge in [0.2, 0.25) is 5.91 Å². The summed E-state index contributed by atoms with van der Waals surface area (Å²) in [6.07, 6.45) is -0.632. The Hall–Kier alpha value is -1.67. The van der Waals surface area contributed by atoms with Crippen molar-refractivity contribution in [3.63, 3.8) is 0 Å². The number of carbonyl (C=O) groups excluding carboxylic acids is 1. The fourth-order valence-electron chi connectivity index (χ4n) is 2.48. The zero-order valence-electron chi connectivity index (χ0n) is 12.4. The van der Waals surface area contributed by atoms with Crippen LogP contribution in [0.3, 0.4) is 0 Å². The second-order valence-electron chi connectivity index (χ2n) is 5.80. The van der Waals surface area contributed by atoms with Crippen molar-refractivity contribution in [1.82, 2.24) is 5.32 Å². The largest absolute Gasteiger partial charge is 0.481 e. The molecule has 0 heterocycles. The lowest BCUT2D eigenvalue weighted by Gasteiger charge is -2.57. The molecule has 8 nitrogen and oxygen atoms in total. The zero-order chi connectivity index (χ0) is 16.4. The van der Waals surface area contributed by atoms with Crippen LogP contribution < -0.4 is 11.1 Å². The topological polar surface area (TPSA) is 139 Å². The Labute approximate surface area is 122 Å². The molecule has 0 aliphatic heterocycles. The van der Waals surface area contributed by atoms with Crippen LogP contribution in [0.5, 0.6) is 0 Å². The molecule has 1 rings (SSSR count). The second kappa shape index (κ2) is 5.98. The summed E-state index contributed by atoms with van der Waals surface area (Å²) in [7, 11) is 0. The van der Waals surface area contributed by atoms with E-state index in [2.05, 4.69) is 5.32 Å². The fraction of sp³-hybridized carbons (Fsp3) is 0.769. The van der Waals surface area contributed by atoms with E-state index in [0.717, 1.165) is 0 Å². The molecule has 0 aromatic carbocycles. The smallest absolute Gasteiger partial charge is 0.326 e. The van der Waals surface area contributed by atoms with E-state index in [1.54, 1.807) is 13.8 Å². The van der Waals surface area contributed by atoms with Crippen molar-refractivity contribution < 1.29 is 29.3 Å². The average Bonchev–Trinajstić information content (AvgIpc) is 2.36. The van der Waals surface area contributed by atoms with Gasteiger partial charge in [0.25, 0.3) is 0 Å². The number of amides is 1. The van der Waals surface area contributed by atoms with Gasteiger partial charge in [-0.1, -0.05) is 13.8 Å². The first-order valence-corrected chi connectivity index (χ1v) is 6.72. The van der Waals surface area contributed by atoms with Crippen molar-refractivity contribution in [1.29, 1.82) is 0 Å². The van der Waals surface area contributed by atoms with Crippen LogP contribution in [0.1, 0.15) is 33.6 Å². The highest BCUT2D eigenvalue weighted by atomic mass is 16.5. The molecule has 3 unspecified atom stereocenters. The minimum absolute atomic E-state index is 0.194. The average molecular weight is 302 g/mol. The molecule has 0 bridgehead atoms. The molecule has 0 aromatic heterocycles. The van der Waals surface area contributed by atoms with Crippen LogP contribution in [-0.4, -0.2) is 52.4 Å². The number of nitrogens with one attached hydrogen (secondary N) is 1. The maximum Gasteiger partial charge on any atom is 0.326 e. The molecule has 120 valence electrons. The molecule has 5 N–H and O–H groups in total. The predicted molar refractivity (Wildman–Crippen MR) is 72.5 cm³/mol. The van der Waals surface area contributed by atoms with Crippen LogP contribution in [0.4, 0.5) is 0 Å². The second-order valence-corrected chi connectivity index (χ2v) is 5.80. The quantitative estimate of drug-likeness (QED) is 0.500. The number of hydrogen-bond acceptors (Lipinski definition) is 5. The molecule has 1 amide bonds. The van der Waals surface area contributed by atoms with E-state index in [9.17, 15) is 14.4 Å². The van der Waals surface area contributed by atoms with Crippen LogP contribution in [0.15, 0.2) is 0 Å². The van der Waals surface area contributed by atoms with Crippen molar-refractivity contribution in [2.75, 3.05) is 6.61 Å². The van der Waals surface area contributed by atoms with E-state index in [1.165, 1.54) is 0 Å². The first-order valence-electron chi connectivity index (χ1n) is 6.72. The van der Waals surface area contributed by atoms with Gasteiger partial charge in [-0.15, -0.1) is 0 Å². The number of carbonyl (C=O) groups is 3. The van der Waals surface area contributed by atoms with Crippen LogP contribution in [0.25, 0.3) is 0 Å². The molecular formula is C13H22N2O6. The lowest BCUT2D eigenvalue weighted by Crippen LogP contribution is -2.76. The highest BCUT2D eigenvalue weighted by molar-refractivity contribution is 5.93. The molecule has 1 saturated carbocycles. The summed E-state index contributed by atoms with van der Waals surface area (Å²) in [6, 6.07) is -1.50. The van der Waals surface area contributed by atoms with Gasteiger partial charge in [-0.05, 0) is 6.92 Å². The van der Waals surface area contributed by atoms with E-state index >= 15 is 0 Å². The van der Waals surface area contributed by atoms with Gasteiger partial charge in [0, 0.05) is 18.4 Å². The molecule has 3 atom stereocenters. The van der Waals surface area contributed by atoms with E-state index in [4.69, 9.17) is 20.7 Å². The van der Waals surface area contributed by atoms with Crippen LogP contribution >= 0.6 is 0 Å². The number of rotatable bonds is 7. The van der Waals surface area contributed by atoms with Gasteiger partial charge in [-0.25, -0.2) is 4.79 Å². The first kappa shape index (κ1) is 17.4. The van der Waals surface area contributed by atoms with Gasteiger partial charge in [0.05, 0.1) is 12.5 Å². The third-order valence-electron chi connectivity index (χ3n) is 4.22. The van der Waals surface area contributed by atoms with Gasteiger partial charge in [0.1, 0.15) is 11.6 Å². The lowest BCUT2D eigenvalue weighted by atomic mass is 9.54. The van der Waals surface area contributed by atoms with Crippen molar-refractivity contribution in [2.45, 2.75) is 51.3 Å². The summed E-state index contributed by atoms with van der Waals surface area (Å²) in [4.78, 5) is 33.9. The third-order valence-corrected chi connectivity index (χ3v) is 4.22. The number of carboxylic acid groups (broad SMARTS) is 2. The molecular weight excluding hydrogens is 280 g/mol. The molecule has 1 aliphatic rings. The number of carboxylic acids is 2. The number of ether oxygens (including phenoxy) is 1. The monoisotopic (exact) mass is 302 g/mol. The van der Waals surface area contributed by atoms with Gasteiger partial charge >= 0.3 is 11.9 Å². The third kappa shape index (κ3) is 3.16. The van der Waals surface area contributed by atoms with Crippen molar-refractivity contribution >= 4 is 17.8 Å². The summed E-state index contributed by atoms with van der Waals surface area (Å²) in [5, 5.41) is 19.8. The Bertz CT molecular complexity index is 450. The zero-order valence-corrected chi connectivity index (χ0v) is 12.4. The van der Waals surface area contributed by atoms with E-state index in [0.29, 0.717) is 6.61 Å². The fourth-order valence-corrected chi connectivity index (χ4v) is 2.48. The summed E-state index contributed by atoms with van der Waals surface area (Å²) in [5.74, 6) is -3.39. The summed E-state index contributed by atoms with van der Waals surface area (Å²) < 4.78 is 5.49. The number of aliphatic carboxylic acids is 2. The van der Waals surface area contributed by atoms with Crippen LogP contribution in [0, 0.1) is 5.41 Å².